The molecule has 2 rings (SSSR count). The van der Waals surface area contributed by atoms with Crippen LogP contribution in [-0.2, 0) is 6.42 Å². The third-order valence-corrected chi connectivity index (χ3v) is 3.23. The lowest BCUT2D eigenvalue weighted by Crippen LogP contribution is -2.10. The molecule has 1 aromatic heterocycles. The van der Waals surface area contributed by atoms with Crippen LogP contribution in [0.1, 0.15) is 5.89 Å². The lowest BCUT2D eigenvalue weighted by atomic mass is 10.2. The second-order valence-electron chi connectivity index (χ2n) is 3.60. The maximum absolute atomic E-state index is 5.89. The van der Waals surface area contributed by atoms with E-state index in [0.29, 0.717) is 5.02 Å². The summed E-state index contributed by atoms with van der Waals surface area (Å²) in [5, 5.41) is 3.75. The summed E-state index contributed by atoms with van der Waals surface area (Å²) in [5.74, 6) is 1.48. The van der Waals surface area contributed by atoms with E-state index in [9.17, 15) is 0 Å². The average Bonchev–Trinajstić information content (AvgIpc) is 2.75. The van der Waals surface area contributed by atoms with E-state index < -0.39 is 0 Å². The second kappa shape index (κ2) is 5.67. The molecule has 0 radical (unpaired) electrons. The topological polar surface area (TPSA) is 38.1 Å². The molecule has 0 spiro atoms. The molecule has 0 aliphatic heterocycles. The summed E-state index contributed by atoms with van der Waals surface area (Å²) in [7, 11) is 1.90. The Morgan fingerprint density at radius 3 is 3.00 bits per heavy atom. The fourth-order valence-corrected chi connectivity index (χ4v) is 2.35. The number of oxazole rings is 1. The largest absolute Gasteiger partial charge is 0.441 e. The van der Waals surface area contributed by atoms with Crippen LogP contribution in [0.15, 0.2) is 33.3 Å². The van der Waals surface area contributed by atoms with Crippen molar-refractivity contribution in [2.24, 2.45) is 0 Å². The van der Waals surface area contributed by atoms with Crippen LogP contribution in [0.3, 0.4) is 0 Å². The molecule has 0 aliphatic carbocycles. The van der Waals surface area contributed by atoms with Crippen LogP contribution in [0.4, 0.5) is 0 Å². The highest BCUT2D eigenvalue weighted by Crippen LogP contribution is 2.30. The third kappa shape index (κ3) is 3.09. The van der Waals surface area contributed by atoms with E-state index >= 15 is 0 Å². The molecule has 3 nitrogen and oxygen atoms in total. The first-order chi connectivity index (χ1) is 8.20. The lowest BCUT2D eigenvalue weighted by molar-refractivity contribution is 0.500. The van der Waals surface area contributed by atoms with Crippen molar-refractivity contribution in [3.05, 3.63) is 39.8 Å². The minimum Gasteiger partial charge on any atom is -0.441 e. The van der Waals surface area contributed by atoms with Crippen molar-refractivity contribution in [2.75, 3.05) is 13.6 Å². The minimum atomic E-state index is 0.690. The van der Waals surface area contributed by atoms with Crippen molar-refractivity contribution in [1.29, 1.82) is 0 Å². The van der Waals surface area contributed by atoms with Crippen molar-refractivity contribution in [3.8, 4) is 11.3 Å². The third-order valence-electron chi connectivity index (χ3n) is 2.34. The van der Waals surface area contributed by atoms with E-state index in [1.165, 1.54) is 0 Å². The highest BCUT2D eigenvalue weighted by atomic mass is 79.9. The first-order valence-corrected chi connectivity index (χ1v) is 6.42. The minimum absolute atomic E-state index is 0.690. The molecule has 0 atom stereocenters. The second-order valence-corrected chi connectivity index (χ2v) is 4.89. The lowest BCUT2D eigenvalue weighted by Gasteiger charge is -2.00. The molecule has 0 amide bonds. The number of rotatable bonds is 4. The molecule has 17 heavy (non-hydrogen) atoms. The SMILES string of the molecule is CNCCc1ncc(-c2ccc(Cl)cc2Br)o1. The van der Waals surface area contributed by atoms with Crippen molar-refractivity contribution in [2.45, 2.75) is 6.42 Å². The number of aromatic nitrogens is 1. The van der Waals surface area contributed by atoms with Gasteiger partial charge in [0.05, 0.1) is 6.20 Å². The van der Waals surface area contributed by atoms with Crippen molar-refractivity contribution < 1.29 is 4.42 Å². The molecular formula is C12H12BrClN2O. The van der Waals surface area contributed by atoms with Crippen molar-refractivity contribution in [1.82, 2.24) is 10.3 Å². The molecule has 1 N–H and O–H groups in total. The highest BCUT2D eigenvalue weighted by Gasteiger charge is 2.09. The summed E-state index contributed by atoms with van der Waals surface area (Å²) < 4.78 is 6.57. The number of likely N-dealkylation sites (N-methyl/N-ethyl adjacent to an activating group) is 1. The maximum atomic E-state index is 5.89. The van der Waals surface area contributed by atoms with Crippen LogP contribution in [0, 0.1) is 0 Å². The fourth-order valence-electron chi connectivity index (χ4n) is 1.47. The quantitative estimate of drug-likeness (QED) is 0.938. The Balaban J connectivity index is 2.24. The molecule has 0 aliphatic rings. The van der Waals surface area contributed by atoms with E-state index in [1.807, 2.05) is 25.2 Å². The van der Waals surface area contributed by atoms with E-state index in [0.717, 1.165) is 34.7 Å². The zero-order valence-electron chi connectivity index (χ0n) is 9.34. The molecule has 1 heterocycles. The van der Waals surface area contributed by atoms with Crippen LogP contribution in [0.25, 0.3) is 11.3 Å². The zero-order chi connectivity index (χ0) is 12.3. The number of benzene rings is 1. The molecule has 0 saturated carbocycles. The number of nitrogens with one attached hydrogen (secondary N) is 1. The van der Waals surface area contributed by atoms with Gasteiger partial charge in [0.25, 0.3) is 0 Å². The average molecular weight is 316 g/mol. The Bertz CT molecular complexity index is 513. The number of hydrogen-bond donors (Lipinski definition) is 1. The predicted octanol–water partition coefficient (Wildman–Crippen LogP) is 3.52. The van der Waals surface area contributed by atoms with E-state index in [1.54, 1.807) is 6.20 Å². The van der Waals surface area contributed by atoms with E-state index in [2.05, 4.69) is 26.2 Å². The van der Waals surface area contributed by atoms with Gasteiger partial charge in [-0.05, 0) is 41.2 Å². The van der Waals surface area contributed by atoms with Crippen LogP contribution in [0.5, 0.6) is 0 Å². The van der Waals surface area contributed by atoms with Gasteiger partial charge < -0.3 is 9.73 Å². The summed E-state index contributed by atoms with van der Waals surface area (Å²) in [6, 6.07) is 5.58. The van der Waals surface area contributed by atoms with Gasteiger partial charge in [-0.3, -0.25) is 0 Å². The molecule has 2 aromatic rings. The first-order valence-electron chi connectivity index (χ1n) is 5.25. The maximum Gasteiger partial charge on any atom is 0.196 e. The van der Waals surface area contributed by atoms with Gasteiger partial charge in [-0.1, -0.05) is 11.6 Å². The van der Waals surface area contributed by atoms with Crippen molar-refractivity contribution >= 4 is 27.5 Å². The van der Waals surface area contributed by atoms with Crippen LogP contribution >= 0.6 is 27.5 Å². The smallest absolute Gasteiger partial charge is 0.196 e. The highest BCUT2D eigenvalue weighted by molar-refractivity contribution is 9.10. The van der Waals surface area contributed by atoms with Gasteiger partial charge in [-0.25, -0.2) is 4.98 Å². The van der Waals surface area contributed by atoms with Crippen LogP contribution in [0.2, 0.25) is 5.02 Å². The zero-order valence-corrected chi connectivity index (χ0v) is 11.7. The van der Waals surface area contributed by atoms with Gasteiger partial charge in [-0.15, -0.1) is 0 Å². The normalized spacial score (nSPS) is 10.8. The number of halogens is 2. The molecular weight excluding hydrogens is 304 g/mol. The van der Waals surface area contributed by atoms with Gasteiger partial charge in [0, 0.05) is 28.0 Å². The summed E-state index contributed by atoms with van der Waals surface area (Å²) in [6.07, 6.45) is 2.51. The molecule has 1 aromatic carbocycles. The molecule has 5 heteroatoms. The Hall–Kier alpha value is -0.840. The van der Waals surface area contributed by atoms with Crippen LogP contribution < -0.4 is 5.32 Å². The number of nitrogens with zero attached hydrogens (tertiary/aromatic N) is 1. The molecule has 0 bridgehead atoms. The van der Waals surface area contributed by atoms with Crippen LogP contribution in [-0.4, -0.2) is 18.6 Å². The Morgan fingerprint density at radius 2 is 2.29 bits per heavy atom. The molecule has 0 fully saturated rings. The Morgan fingerprint density at radius 1 is 1.47 bits per heavy atom. The van der Waals surface area contributed by atoms with Gasteiger partial charge >= 0.3 is 0 Å². The van der Waals surface area contributed by atoms with Gasteiger partial charge in [-0.2, -0.15) is 0 Å². The summed E-state index contributed by atoms with van der Waals surface area (Å²) in [6.45, 7) is 0.849. The predicted molar refractivity (Wildman–Crippen MR) is 72.3 cm³/mol. The van der Waals surface area contributed by atoms with E-state index in [4.69, 9.17) is 16.0 Å². The molecule has 90 valence electrons. The number of hydrogen-bond acceptors (Lipinski definition) is 3. The summed E-state index contributed by atoms with van der Waals surface area (Å²) in [5.41, 5.74) is 0.956. The molecule has 0 unspecified atom stereocenters. The first kappa shape index (κ1) is 12.6. The van der Waals surface area contributed by atoms with E-state index in [-0.39, 0.29) is 0 Å². The summed E-state index contributed by atoms with van der Waals surface area (Å²) in [4.78, 5) is 4.23. The Labute approximate surface area is 113 Å². The molecule has 0 saturated heterocycles. The van der Waals surface area contributed by atoms with Gasteiger partial charge in [0.1, 0.15) is 0 Å². The van der Waals surface area contributed by atoms with Gasteiger partial charge in [0.2, 0.25) is 0 Å². The van der Waals surface area contributed by atoms with Gasteiger partial charge in [0.15, 0.2) is 11.7 Å². The monoisotopic (exact) mass is 314 g/mol. The fraction of sp³-hybridized carbons (Fsp3) is 0.250. The standard InChI is InChI=1S/C12H12BrClN2O/c1-15-5-4-12-16-7-11(17-12)9-3-2-8(14)6-10(9)13/h2-3,6-7,15H,4-5H2,1H3. The Kier molecular flexibility index (Phi) is 4.20. The summed E-state index contributed by atoms with van der Waals surface area (Å²) >= 11 is 9.35. The van der Waals surface area contributed by atoms with Crippen molar-refractivity contribution in [3.63, 3.8) is 0 Å².